The molecule has 0 bridgehead atoms. The van der Waals surface area contributed by atoms with Gasteiger partial charge in [-0.15, -0.1) is 0 Å². The number of hydrogen-bond donors (Lipinski definition) is 0. The minimum atomic E-state index is -0.590. The smallest absolute Gasteiger partial charge is 0.330 e. The second-order valence-corrected chi connectivity index (χ2v) is 7.02. The molecule has 1 atom stereocenters. The van der Waals surface area contributed by atoms with E-state index in [1.165, 1.54) is 58.3 Å². The highest BCUT2D eigenvalue weighted by Crippen LogP contribution is 2.12. The minimum Gasteiger partial charge on any atom is -0.467 e. The Kier molecular flexibility index (Phi) is 12.7. The second-order valence-electron chi connectivity index (χ2n) is 7.02. The van der Waals surface area contributed by atoms with Crippen molar-refractivity contribution in [2.24, 2.45) is 4.99 Å². The Morgan fingerprint density at radius 3 is 2.36 bits per heavy atom. The Morgan fingerprint density at radius 1 is 1.07 bits per heavy atom. The maximum atomic E-state index is 11.8. The van der Waals surface area contributed by atoms with Crippen molar-refractivity contribution < 1.29 is 23.5 Å². The lowest BCUT2D eigenvalue weighted by Gasteiger charge is -2.04. The molecule has 1 unspecified atom stereocenters. The molecule has 0 saturated heterocycles. The zero-order valence-electron chi connectivity index (χ0n) is 17.6. The van der Waals surface area contributed by atoms with Crippen molar-refractivity contribution in [2.75, 3.05) is 7.11 Å². The Bertz CT molecular complexity index is 594. The third-order valence-corrected chi connectivity index (χ3v) is 4.51. The molecule has 1 aromatic rings. The van der Waals surface area contributed by atoms with Gasteiger partial charge >= 0.3 is 11.9 Å². The monoisotopic (exact) mass is 393 g/mol. The molecule has 0 aliphatic rings. The number of rotatable bonds is 15. The molecule has 0 N–H and O–H groups in total. The van der Waals surface area contributed by atoms with Crippen LogP contribution in [0.1, 0.15) is 89.6 Å². The number of esters is 2. The van der Waals surface area contributed by atoms with Gasteiger partial charge in [-0.2, -0.15) is 0 Å². The van der Waals surface area contributed by atoms with Crippen molar-refractivity contribution in [1.29, 1.82) is 0 Å². The number of unbranched alkanes of at least 4 members (excludes halogenated alkanes) is 8. The summed E-state index contributed by atoms with van der Waals surface area (Å²) in [5.41, 5.74) is 0. The van der Waals surface area contributed by atoms with E-state index in [0.29, 0.717) is 17.9 Å². The van der Waals surface area contributed by atoms with Crippen LogP contribution in [0.3, 0.4) is 0 Å². The molecule has 0 aliphatic carbocycles. The van der Waals surface area contributed by atoms with Crippen molar-refractivity contribution in [3.05, 3.63) is 23.7 Å². The van der Waals surface area contributed by atoms with Crippen molar-refractivity contribution in [3.8, 4) is 0 Å². The first-order valence-electron chi connectivity index (χ1n) is 10.4. The quantitative estimate of drug-likeness (QED) is 0.232. The van der Waals surface area contributed by atoms with Crippen LogP contribution in [-0.4, -0.2) is 31.3 Å². The van der Waals surface area contributed by atoms with Crippen LogP contribution < -0.4 is 0 Å². The third-order valence-electron chi connectivity index (χ3n) is 4.51. The van der Waals surface area contributed by atoms with Crippen LogP contribution in [0.4, 0.5) is 0 Å². The van der Waals surface area contributed by atoms with Crippen LogP contribution in [0.2, 0.25) is 0 Å². The van der Waals surface area contributed by atoms with E-state index in [4.69, 9.17) is 9.15 Å². The molecule has 0 radical (unpaired) electrons. The summed E-state index contributed by atoms with van der Waals surface area (Å²) in [7, 11) is 1.32. The molecule has 1 rings (SSSR count). The van der Waals surface area contributed by atoms with Gasteiger partial charge in [0.1, 0.15) is 24.2 Å². The van der Waals surface area contributed by atoms with Crippen molar-refractivity contribution in [2.45, 2.75) is 90.7 Å². The van der Waals surface area contributed by atoms with Gasteiger partial charge in [-0.3, -0.25) is 9.79 Å². The molecule has 0 aromatic carbocycles. The first-order chi connectivity index (χ1) is 13.6. The van der Waals surface area contributed by atoms with Gasteiger partial charge in [-0.25, -0.2) is 4.79 Å². The molecule has 158 valence electrons. The maximum Gasteiger partial charge on any atom is 0.330 e. The van der Waals surface area contributed by atoms with Crippen molar-refractivity contribution in [3.63, 3.8) is 0 Å². The molecule has 0 saturated carbocycles. The molecule has 1 aromatic heterocycles. The third kappa shape index (κ3) is 10.9. The first-order valence-corrected chi connectivity index (χ1v) is 10.4. The Labute approximate surface area is 168 Å². The minimum absolute atomic E-state index is 0.108. The van der Waals surface area contributed by atoms with E-state index in [0.717, 1.165) is 12.8 Å². The number of carbonyl (C=O) groups excluding carboxylic acids is 2. The highest BCUT2D eigenvalue weighted by atomic mass is 16.5. The Hall–Kier alpha value is -2.11. The van der Waals surface area contributed by atoms with Gasteiger partial charge in [0, 0.05) is 6.42 Å². The largest absolute Gasteiger partial charge is 0.467 e. The van der Waals surface area contributed by atoms with E-state index in [9.17, 15) is 9.59 Å². The van der Waals surface area contributed by atoms with Crippen LogP contribution in [0.15, 0.2) is 21.5 Å². The van der Waals surface area contributed by atoms with E-state index in [2.05, 4.69) is 16.7 Å². The highest BCUT2D eigenvalue weighted by molar-refractivity contribution is 5.81. The lowest BCUT2D eigenvalue weighted by molar-refractivity contribution is -0.145. The number of aliphatic imine (C=N–C) groups is 1. The van der Waals surface area contributed by atoms with E-state index < -0.39 is 12.0 Å². The van der Waals surface area contributed by atoms with Crippen LogP contribution in [0.25, 0.3) is 0 Å². The Balaban J connectivity index is 2.13. The molecule has 0 aliphatic heterocycles. The normalized spacial score (nSPS) is 12.2. The average molecular weight is 394 g/mol. The summed E-state index contributed by atoms with van der Waals surface area (Å²) >= 11 is 0. The lowest BCUT2D eigenvalue weighted by atomic mass is 10.1. The highest BCUT2D eigenvalue weighted by Gasteiger charge is 2.10. The van der Waals surface area contributed by atoms with Crippen LogP contribution in [0, 0.1) is 0 Å². The van der Waals surface area contributed by atoms with E-state index in [1.54, 1.807) is 19.1 Å². The predicted octanol–water partition coefficient (Wildman–Crippen LogP) is 5.22. The van der Waals surface area contributed by atoms with Crippen LogP contribution in [0.5, 0.6) is 0 Å². The lowest BCUT2D eigenvalue weighted by Crippen LogP contribution is -2.16. The fourth-order valence-electron chi connectivity index (χ4n) is 2.76. The van der Waals surface area contributed by atoms with Gasteiger partial charge < -0.3 is 13.9 Å². The van der Waals surface area contributed by atoms with E-state index in [-0.39, 0.29) is 12.6 Å². The second kappa shape index (κ2) is 14.9. The molecule has 6 heteroatoms. The fourth-order valence-corrected chi connectivity index (χ4v) is 2.76. The van der Waals surface area contributed by atoms with Crippen LogP contribution in [-0.2, 0) is 25.7 Å². The standard InChI is InChI=1S/C22H35NO5/c1-4-5-6-7-8-9-10-11-12-13-21(24)27-17-20-15-14-19(28-20)16-23-18(2)22(25)26-3/h14-16,18H,4-13,17H2,1-3H3. The summed E-state index contributed by atoms with van der Waals surface area (Å²) in [6.45, 7) is 3.98. The van der Waals surface area contributed by atoms with Gasteiger partial charge in [0.05, 0.1) is 13.3 Å². The summed E-state index contributed by atoms with van der Waals surface area (Å²) in [6.07, 6.45) is 12.9. The summed E-state index contributed by atoms with van der Waals surface area (Å²) in [6, 6.07) is 2.86. The first kappa shape index (κ1) is 23.9. The molecule has 6 nitrogen and oxygen atoms in total. The number of methoxy groups -OCH3 is 1. The zero-order valence-corrected chi connectivity index (χ0v) is 17.6. The fraction of sp³-hybridized carbons (Fsp3) is 0.682. The molecule has 0 fully saturated rings. The van der Waals surface area contributed by atoms with Gasteiger partial charge in [0.2, 0.25) is 0 Å². The predicted molar refractivity (Wildman–Crippen MR) is 109 cm³/mol. The number of ether oxygens (including phenoxy) is 2. The summed E-state index contributed by atoms with van der Waals surface area (Å²) < 4.78 is 15.4. The topological polar surface area (TPSA) is 78.1 Å². The van der Waals surface area contributed by atoms with Crippen LogP contribution >= 0.6 is 0 Å². The number of furan rings is 1. The molecular weight excluding hydrogens is 358 g/mol. The van der Waals surface area contributed by atoms with E-state index in [1.807, 2.05) is 0 Å². The molecule has 0 spiro atoms. The van der Waals surface area contributed by atoms with Gasteiger partial charge in [0.25, 0.3) is 0 Å². The summed E-state index contributed by atoms with van der Waals surface area (Å²) in [4.78, 5) is 27.2. The van der Waals surface area contributed by atoms with Gasteiger partial charge in [-0.05, 0) is 25.5 Å². The molecule has 1 heterocycles. The number of nitrogens with zero attached hydrogens (tertiary/aromatic N) is 1. The molecule has 28 heavy (non-hydrogen) atoms. The number of carbonyl (C=O) groups is 2. The molecular formula is C22H35NO5. The zero-order chi connectivity index (χ0) is 20.6. The SMILES string of the molecule is CCCCCCCCCCCC(=O)OCc1ccc(C=NC(C)C(=O)OC)o1. The van der Waals surface area contributed by atoms with E-state index >= 15 is 0 Å². The Morgan fingerprint density at radius 2 is 1.71 bits per heavy atom. The number of hydrogen-bond acceptors (Lipinski definition) is 6. The molecule has 0 amide bonds. The summed E-state index contributed by atoms with van der Waals surface area (Å²) in [5.74, 6) is 0.440. The van der Waals surface area contributed by atoms with Gasteiger partial charge in [-0.1, -0.05) is 58.3 Å². The summed E-state index contributed by atoms with van der Waals surface area (Å²) in [5, 5.41) is 0. The van der Waals surface area contributed by atoms with Gasteiger partial charge in [0.15, 0.2) is 0 Å². The maximum absolute atomic E-state index is 11.8. The van der Waals surface area contributed by atoms with Crippen molar-refractivity contribution in [1.82, 2.24) is 0 Å². The van der Waals surface area contributed by atoms with Crippen molar-refractivity contribution >= 4 is 18.2 Å². The average Bonchev–Trinajstić information content (AvgIpc) is 3.16.